The lowest BCUT2D eigenvalue weighted by Crippen LogP contribution is -1.77. The van der Waals surface area contributed by atoms with E-state index in [0.29, 0.717) is 5.52 Å². The van der Waals surface area contributed by atoms with Crippen LogP contribution in [0, 0.1) is 5.82 Å². The normalized spacial score (nSPS) is 11.9. The van der Waals surface area contributed by atoms with E-state index in [1.54, 1.807) is 6.07 Å². The molecule has 0 spiro atoms. The van der Waals surface area contributed by atoms with Gasteiger partial charge >= 0.3 is 0 Å². The van der Waals surface area contributed by atoms with E-state index in [2.05, 4.69) is 4.98 Å². The van der Waals surface area contributed by atoms with Crippen molar-refractivity contribution in [2.45, 2.75) is 0 Å². The molecule has 88 valence electrons. The number of H-pyrrole nitrogens is 1. The molecule has 0 bridgehead atoms. The van der Waals surface area contributed by atoms with Crippen molar-refractivity contribution in [1.82, 2.24) is 9.55 Å². The Balaban J connectivity index is 2.40. The maximum atomic E-state index is 14.1. The average molecular weight is 238 g/mol. The van der Waals surface area contributed by atoms with Crippen LogP contribution in [0.3, 0.4) is 0 Å². The summed E-state index contributed by atoms with van der Waals surface area (Å²) in [5.74, 6) is -0.195. The minimum atomic E-state index is -0.195. The molecule has 2 heterocycles. The van der Waals surface area contributed by atoms with Crippen molar-refractivity contribution < 1.29 is 4.39 Å². The van der Waals surface area contributed by atoms with E-state index in [9.17, 15) is 4.39 Å². The predicted octanol–water partition coefficient (Wildman–Crippen LogP) is 3.95. The van der Waals surface area contributed by atoms with Crippen LogP contribution in [0.15, 0.2) is 42.7 Å². The zero-order valence-electron chi connectivity index (χ0n) is 9.87. The summed E-state index contributed by atoms with van der Waals surface area (Å²) in [7, 11) is 1.96. The molecule has 2 nitrogen and oxygen atoms in total. The van der Waals surface area contributed by atoms with Crippen LogP contribution in [0.1, 0.15) is 0 Å². The van der Waals surface area contributed by atoms with Crippen LogP contribution < -0.4 is 0 Å². The van der Waals surface area contributed by atoms with E-state index in [0.717, 1.165) is 27.1 Å². The average Bonchev–Trinajstić information content (AvgIpc) is 2.89. The van der Waals surface area contributed by atoms with Crippen LogP contribution >= 0.6 is 0 Å². The van der Waals surface area contributed by atoms with E-state index in [1.165, 1.54) is 0 Å². The lowest BCUT2D eigenvalue weighted by Gasteiger charge is -1.96. The Kier molecular flexibility index (Phi) is 1.69. The molecule has 0 aliphatic carbocycles. The molecule has 0 aliphatic heterocycles. The monoisotopic (exact) mass is 238 g/mol. The van der Waals surface area contributed by atoms with Crippen LogP contribution in [0.4, 0.5) is 4.39 Å². The highest BCUT2D eigenvalue weighted by atomic mass is 19.1. The maximum absolute atomic E-state index is 14.1. The summed E-state index contributed by atoms with van der Waals surface area (Å²) in [6.45, 7) is 0. The van der Waals surface area contributed by atoms with Crippen LogP contribution in [0.2, 0.25) is 0 Å². The second-order valence-corrected chi connectivity index (χ2v) is 4.71. The molecule has 0 saturated heterocycles. The van der Waals surface area contributed by atoms with Gasteiger partial charge in [0.05, 0.1) is 5.52 Å². The fraction of sp³-hybridized carbons (Fsp3) is 0.0667. The number of rotatable bonds is 0. The topological polar surface area (TPSA) is 20.7 Å². The van der Waals surface area contributed by atoms with Gasteiger partial charge in [0, 0.05) is 46.5 Å². The number of para-hydroxylation sites is 1. The highest BCUT2D eigenvalue weighted by Crippen LogP contribution is 2.34. The molecule has 0 atom stereocenters. The number of aryl methyl sites for hydroxylation is 1. The number of aromatic amines is 1. The van der Waals surface area contributed by atoms with E-state index < -0.39 is 0 Å². The number of benzene rings is 2. The minimum Gasteiger partial charge on any atom is -0.356 e. The van der Waals surface area contributed by atoms with Gasteiger partial charge in [-0.2, -0.15) is 0 Å². The van der Waals surface area contributed by atoms with Crippen molar-refractivity contribution in [2.75, 3.05) is 0 Å². The van der Waals surface area contributed by atoms with Gasteiger partial charge < -0.3 is 9.55 Å². The SMILES string of the molecule is Cn1cc2cc(F)c3[nH]c4ccccc4c3c2c1. The van der Waals surface area contributed by atoms with Crippen molar-refractivity contribution in [1.29, 1.82) is 0 Å². The number of nitrogens with one attached hydrogen (secondary N) is 1. The van der Waals surface area contributed by atoms with Gasteiger partial charge in [-0.3, -0.25) is 0 Å². The maximum Gasteiger partial charge on any atom is 0.147 e. The first kappa shape index (κ1) is 9.71. The first-order valence-corrected chi connectivity index (χ1v) is 5.88. The standard InChI is InChI=1S/C15H11FN2/c1-18-7-9-6-12(16)15-14(11(9)8-18)10-4-2-3-5-13(10)17-15/h2-8,17H,1H3. The minimum absolute atomic E-state index is 0.195. The molecule has 4 aromatic rings. The molecular formula is C15H11FN2. The second-order valence-electron chi connectivity index (χ2n) is 4.71. The van der Waals surface area contributed by atoms with Gasteiger partial charge in [-0.25, -0.2) is 4.39 Å². The predicted molar refractivity (Wildman–Crippen MR) is 72.2 cm³/mol. The van der Waals surface area contributed by atoms with E-state index in [-0.39, 0.29) is 5.82 Å². The smallest absolute Gasteiger partial charge is 0.147 e. The fourth-order valence-corrected chi connectivity index (χ4v) is 2.74. The van der Waals surface area contributed by atoms with Gasteiger partial charge in [-0.15, -0.1) is 0 Å². The number of aromatic nitrogens is 2. The highest BCUT2D eigenvalue weighted by molar-refractivity contribution is 6.20. The number of halogens is 1. The van der Waals surface area contributed by atoms with Crippen LogP contribution in [0.25, 0.3) is 32.6 Å². The number of nitrogens with zero attached hydrogens (tertiary/aromatic N) is 1. The van der Waals surface area contributed by atoms with Gasteiger partial charge in [-0.1, -0.05) is 18.2 Å². The molecule has 3 heteroatoms. The Morgan fingerprint density at radius 1 is 1.11 bits per heavy atom. The molecule has 0 fully saturated rings. The third-order valence-corrected chi connectivity index (χ3v) is 3.48. The zero-order chi connectivity index (χ0) is 12.3. The van der Waals surface area contributed by atoms with Crippen LogP contribution in [-0.4, -0.2) is 9.55 Å². The molecule has 4 rings (SSSR count). The molecule has 0 aliphatic rings. The van der Waals surface area contributed by atoms with Crippen molar-refractivity contribution in [2.24, 2.45) is 7.05 Å². The van der Waals surface area contributed by atoms with E-state index >= 15 is 0 Å². The van der Waals surface area contributed by atoms with Crippen molar-refractivity contribution in [3.8, 4) is 0 Å². The molecule has 2 aromatic carbocycles. The Hall–Kier alpha value is -2.29. The van der Waals surface area contributed by atoms with E-state index in [4.69, 9.17) is 0 Å². The van der Waals surface area contributed by atoms with Gasteiger partial charge in [0.15, 0.2) is 0 Å². The van der Waals surface area contributed by atoms with Crippen molar-refractivity contribution in [3.05, 3.63) is 48.5 Å². The Morgan fingerprint density at radius 2 is 1.94 bits per heavy atom. The van der Waals surface area contributed by atoms with Crippen molar-refractivity contribution >= 4 is 32.6 Å². The number of hydrogen-bond acceptors (Lipinski definition) is 0. The quantitative estimate of drug-likeness (QED) is 0.479. The number of hydrogen-bond donors (Lipinski definition) is 1. The lowest BCUT2D eigenvalue weighted by molar-refractivity contribution is 0.639. The van der Waals surface area contributed by atoms with Gasteiger partial charge in [0.1, 0.15) is 5.82 Å². The molecule has 0 radical (unpaired) electrons. The lowest BCUT2D eigenvalue weighted by atomic mass is 10.1. The summed E-state index contributed by atoms with van der Waals surface area (Å²) in [5, 5.41) is 4.07. The summed E-state index contributed by atoms with van der Waals surface area (Å²) in [6.07, 6.45) is 3.98. The molecule has 0 unspecified atom stereocenters. The van der Waals surface area contributed by atoms with Gasteiger partial charge in [-0.05, 0) is 12.1 Å². The molecule has 1 N–H and O–H groups in total. The zero-order valence-corrected chi connectivity index (χ0v) is 9.87. The first-order valence-electron chi connectivity index (χ1n) is 5.88. The Bertz CT molecular complexity index is 899. The van der Waals surface area contributed by atoms with Gasteiger partial charge in [0.2, 0.25) is 0 Å². The second kappa shape index (κ2) is 3.13. The summed E-state index contributed by atoms with van der Waals surface area (Å²) >= 11 is 0. The van der Waals surface area contributed by atoms with Crippen LogP contribution in [0.5, 0.6) is 0 Å². The molecule has 2 aromatic heterocycles. The van der Waals surface area contributed by atoms with Crippen LogP contribution in [-0.2, 0) is 7.05 Å². The van der Waals surface area contributed by atoms with Gasteiger partial charge in [0.25, 0.3) is 0 Å². The molecular weight excluding hydrogens is 227 g/mol. The Labute approximate surface area is 103 Å². The number of fused-ring (bicyclic) bond motifs is 5. The summed E-state index contributed by atoms with van der Waals surface area (Å²) in [5.41, 5.74) is 1.57. The molecule has 0 amide bonds. The largest absolute Gasteiger partial charge is 0.356 e. The first-order chi connectivity index (χ1) is 8.74. The fourth-order valence-electron chi connectivity index (χ4n) is 2.74. The van der Waals surface area contributed by atoms with Crippen molar-refractivity contribution in [3.63, 3.8) is 0 Å². The summed E-state index contributed by atoms with van der Waals surface area (Å²) in [4.78, 5) is 3.16. The molecule has 0 saturated carbocycles. The summed E-state index contributed by atoms with van der Waals surface area (Å²) in [6, 6.07) is 9.53. The third kappa shape index (κ3) is 1.11. The summed E-state index contributed by atoms with van der Waals surface area (Å²) < 4.78 is 16.1. The third-order valence-electron chi connectivity index (χ3n) is 3.48. The molecule has 18 heavy (non-hydrogen) atoms. The Morgan fingerprint density at radius 3 is 2.83 bits per heavy atom. The van der Waals surface area contributed by atoms with E-state index in [1.807, 2.05) is 48.3 Å². The highest BCUT2D eigenvalue weighted by Gasteiger charge is 2.13.